The molecule has 7 heteroatoms. The van der Waals surface area contributed by atoms with E-state index in [-0.39, 0.29) is 106 Å². The Balaban J connectivity index is -0.0000000267. The second-order valence-corrected chi connectivity index (χ2v) is 1.54. The molecule has 0 saturated heterocycles. The summed E-state index contributed by atoms with van der Waals surface area (Å²) in [5, 5.41) is 0. The van der Waals surface area contributed by atoms with Crippen LogP contribution in [0.4, 0.5) is 0 Å². The van der Waals surface area contributed by atoms with Crippen LogP contribution in [0.25, 0.3) is 0 Å². The zero-order valence-electron chi connectivity index (χ0n) is 4.77. The summed E-state index contributed by atoms with van der Waals surface area (Å²) >= 11 is 0. The second-order valence-electron chi connectivity index (χ2n) is 0.513. The molecule has 0 saturated carbocycles. The molecule has 0 rings (SSSR count). The van der Waals surface area contributed by atoms with E-state index < -0.39 is 7.82 Å². The predicted molar refractivity (Wildman–Crippen MR) is 15.4 cm³/mol. The van der Waals surface area contributed by atoms with E-state index in [1.54, 1.807) is 0 Å². The molecule has 0 heterocycles. The molecule has 3 N–H and O–H groups in total. The molecule has 0 aliphatic rings. The predicted octanol–water partition coefficient (Wildman–Crippen LogP) is -3.81. The molecule has 0 aromatic carbocycles. The van der Waals surface area contributed by atoms with Crippen LogP contribution in [0, 0.1) is 35.6 Å². The van der Waals surface area contributed by atoms with Crippen molar-refractivity contribution in [2.45, 2.75) is 0 Å². The maximum atomic E-state index is 8.88. The van der Waals surface area contributed by atoms with E-state index in [4.69, 9.17) is 19.2 Å². The van der Waals surface area contributed by atoms with Crippen molar-refractivity contribution in [1.29, 1.82) is 0 Å². The monoisotopic (exact) mass is 371 g/mol. The van der Waals surface area contributed by atoms with Crippen LogP contribution in [0.5, 0.6) is 0 Å². The van der Waals surface area contributed by atoms with Crippen molar-refractivity contribution >= 4 is 7.82 Å². The Hall–Kier alpha value is 3.36. The molecule has 0 aliphatic carbocycles. The minimum Gasteiger partial charge on any atom is -1.00 e. The van der Waals surface area contributed by atoms with Crippen LogP contribution in [0.3, 0.4) is 0 Å². The van der Waals surface area contributed by atoms with Crippen molar-refractivity contribution in [3.8, 4) is 0 Å². The van der Waals surface area contributed by atoms with Crippen LogP contribution in [0.2, 0.25) is 0 Å². The van der Waals surface area contributed by atoms with Gasteiger partial charge in [-0.3, -0.25) is 0 Å². The second kappa shape index (κ2) is 7.46. The SMILES string of the molecule is O=P(O)(O)O.[Cs+].[H-].[La]. The fraction of sp³-hybridized carbons (Fsp3) is 0. The largest absolute Gasteiger partial charge is 1.00 e. The van der Waals surface area contributed by atoms with Crippen LogP contribution >= 0.6 is 7.82 Å². The van der Waals surface area contributed by atoms with E-state index in [2.05, 4.69) is 0 Å². The zero-order valence-corrected chi connectivity index (χ0v) is 14.6. The summed E-state index contributed by atoms with van der Waals surface area (Å²) in [5.41, 5.74) is 0. The third kappa shape index (κ3) is 44.9. The Morgan fingerprint density at radius 2 is 1.29 bits per heavy atom. The first-order chi connectivity index (χ1) is 2.00. The summed E-state index contributed by atoms with van der Waals surface area (Å²) in [4.78, 5) is 21.6. The number of hydrogen-bond acceptors (Lipinski definition) is 1. The van der Waals surface area contributed by atoms with Crippen LogP contribution in [0.15, 0.2) is 0 Å². The fourth-order valence-electron chi connectivity index (χ4n) is 0. The summed E-state index contributed by atoms with van der Waals surface area (Å²) in [6.45, 7) is 0. The van der Waals surface area contributed by atoms with Crippen molar-refractivity contribution in [1.82, 2.24) is 0 Å². The molecule has 0 spiro atoms. The summed E-state index contributed by atoms with van der Waals surface area (Å²) in [7, 11) is -4.64. The van der Waals surface area contributed by atoms with Crippen LogP contribution in [-0.2, 0) is 4.57 Å². The maximum absolute atomic E-state index is 8.88. The van der Waals surface area contributed by atoms with Crippen molar-refractivity contribution in [3.05, 3.63) is 0 Å². The first kappa shape index (κ1) is 16.8. The van der Waals surface area contributed by atoms with Crippen molar-refractivity contribution < 1.29 is 125 Å². The van der Waals surface area contributed by atoms with Gasteiger partial charge in [0.2, 0.25) is 0 Å². The average molecular weight is 371 g/mol. The van der Waals surface area contributed by atoms with E-state index >= 15 is 0 Å². The Bertz CT molecular complexity index is 62.2. The third-order valence-electron chi connectivity index (χ3n) is 0. The topological polar surface area (TPSA) is 77.8 Å². The average Bonchev–Trinajstić information content (AvgIpc) is 0.722. The smallest absolute Gasteiger partial charge is 1.00 e. The Morgan fingerprint density at radius 1 is 1.29 bits per heavy atom. The van der Waals surface area contributed by atoms with Crippen molar-refractivity contribution in [2.75, 3.05) is 0 Å². The molecule has 37 valence electrons. The van der Waals surface area contributed by atoms with E-state index in [9.17, 15) is 0 Å². The van der Waals surface area contributed by atoms with Gasteiger partial charge in [0.1, 0.15) is 0 Å². The first-order valence-corrected chi connectivity index (χ1v) is 2.35. The quantitative estimate of drug-likeness (QED) is 0.382. The molecule has 0 aliphatic heterocycles. The van der Waals surface area contributed by atoms with Gasteiger partial charge in [0.05, 0.1) is 0 Å². The van der Waals surface area contributed by atoms with Gasteiger partial charge in [0.25, 0.3) is 0 Å². The number of rotatable bonds is 0. The Kier molecular flexibility index (Phi) is 17.9. The molecular formula is H4CsLaO4P. The fourth-order valence-corrected chi connectivity index (χ4v) is 0. The van der Waals surface area contributed by atoms with Crippen LogP contribution < -0.4 is 68.9 Å². The molecule has 1 radical (unpaired) electrons. The normalized spacial score (nSPS) is 8.43. The van der Waals surface area contributed by atoms with E-state index in [0.29, 0.717) is 0 Å². The van der Waals surface area contributed by atoms with Gasteiger partial charge in [-0.05, 0) is 0 Å². The van der Waals surface area contributed by atoms with Gasteiger partial charge in [-0.1, -0.05) is 0 Å². The summed E-state index contributed by atoms with van der Waals surface area (Å²) < 4.78 is 8.88. The molecule has 0 unspecified atom stereocenters. The summed E-state index contributed by atoms with van der Waals surface area (Å²) in [6.07, 6.45) is 0. The van der Waals surface area contributed by atoms with E-state index in [1.807, 2.05) is 0 Å². The van der Waals surface area contributed by atoms with Crippen molar-refractivity contribution in [3.63, 3.8) is 0 Å². The minimum absolute atomic E-state index is 0. The summed E-state index contributed by atoms with van der Waals surface area (Å²) in [6, 6.07) is 0. The molecule has 0 aromatic heterocycles. The van der Waals surface area contributed by atoms with Gasteiger partial charge in [0, 0.05) is 35.6 Å². The van der Waals surface area contributed by atoms with Crippen molar-refractivity contribution in [2.24, 2.45) is 0 Å². The number of phosphoric acid groups is 1. The number of hydrogen-bond donors (Lipinski definition) is 3. The molecule has 7 heavy (non-hydrogen) atoms. The first-order valence-electron chi connectivity index (χ1n) is 0.783. The van der Waals surface area contributed by atoms with E-state index in [1.165, 1.54) is 0 Å². The van der Waals surface area contributed by atoms with Gasteiger partial charge >= 0.3 is 76.7 Å². The van der Waals surface area contributed by atoms with Gasteiger partial charge in [-0.25, -0.2) is 4.57 Å². The van der Waals surface area contributed by atoms with Gasteiger partial charge in [-0.15, -0.1) is 0 Å². The molecule has 0 bridgehead atoms. The Morgan fingerprint density at radius 3 is 1.29 bits per heavy atom. The molecule has 0 fully saturated rings. The third-order valence-corrected chi connectivity index (χ3v) is 0. The van der Waals surface area contributed by atoms with Crippen LogP contribution in [0.1, 0.15) is 1.43 Å². The summed E-state index contributed by atoms with van der Waals surface area (Å²) in [5.74, 6) is 0. The van der Waals surface area contributed by atoms with Gasteiger partial charge in [0.15, 0.2) is 0 Å². The molecule has 0 atom stereocenters. The van der Waals surface area contributed by atoms with Crippen LogP contribution in [-0.4, -0.2) is 14.7 Å². The molecule has 0 amide bonds. The standard InChI is InChI=1S/Cs.La.H3O4P.H/c;;1-5(2,3)4;/h;;(H3,1,2,3,4);/q+1;;;-1. The molecule has 4 nitrogen and oxygen atoms in total. The molecular weight excluding hydrogens is 367 g/mol. The maximum Gasteiger partial charge on any atom is 1.00 e. The van der Waals surface area contributed by atoms with Gasteiger partial charge in [-0.2, -0.15) is 0 Å². The van der Waals surface area contributed by atoms with E-state index in [0.717, 1.165) is 0 Å². The Labute approximate surface area is 129 Å². The zero-order chi connectivity index (χ0) is 4.50. The minimum atomic E-state index is -4.64. The van der Waals surface area contributed by atoms with Gasteiger partial charge < -0.3 is 16.1 Å². The molecule has 0 aromatic rings.